The van der Waals surface area contributed by atoms with Crippen LogP contribution in [0.5, 0.6) is 5.75 Å². The maximum Gasteiger partial charge on any atom is 0.326 e. The highest BCUT2D eigenvalue weighted by Gasteiger charge is 2.49. The molecule has 286 valence electrons. The number of benzene rings is 3. The van der Waals surface area contributed by atoms with Crippen LogP contribution in [0.3, 0.4) is 0 Å². The van der Waals surface area contributed by atoms with Crippen LogP contribution in [0.25, 0.3) is 0 Å². The lowest BCUT2D eigenvalue weighted by Gasteiger charge is -2.46. The van der Waals surface area contributed by atoms with E-state index in [1.807, 2.05) is 75.4 Å². The molecule has 6 atom stereocenters. The summed E-state index contributed by atoms with van der Waals surface area (Å²) in [4.78, 5) is 53.1. The number of hydrogen-bond acceptors (Lipinski definition) is 9. The normalized spacial score (nSPS) is 22.3. The van der Waals surface area contributed by atoms with Gasteiger partial charge in [0.25, 0.3) is 0 Å². The lowest BCUT2D eigenvalue weighted by atomic mass is 9.84. The summed E-state index contributed by atoms with van der Waals surface area (Å²) in [6.45, 7) is 9.50. The van der Waals surface area contributed by atoms with Gasteiger partial charge in [-0.3, -0.25) is 19.7 Å². The largest absolute Gasteiger partial charge is 0.485 e. The Hall–Kier alpha value is -5.25. The standard InChI is InChI=1S/C25H30N2O5.C17H20N2O3/c1-3-32-25(31)21(14-13-18-9-5-4-6-10-18)26-17(2)23(28)27-16-20-12-8-7-11-19(20)15-22(27)24(29)30;1-10-4-7-14(20)19(10)15-12-8-11(9-18)5-6-13(12)22-17(2,3)16(15)21/h4-12,17,21-22,26H,3,13-16H2,1-2H3,(H,29,30);5-6,8,10,15-16,21H,4,7H2,1-3H3/t17-,21-,22-;/m0./s1. The van der Waals surface area contributed by atoms with Crippen LogP contribution in [0.15, 0.2) is 72.8 Å². The van der Waals surface area contributed by atoms with Crippen molar-refractivity contribution < 1.29 is 38.9 Å². The molecule has 12 heteroatoms. The molecule has 0 saturated carbocycles. The van der Waals surface area contributed by atoms with Crippen LogP contribution < -0.4 is 10.1 Å². The van der Waals surface area contributed by atoms with Crippen LogP contribution in [0.2, 0.25) is 0 Å². The Morgan fingerprint density at radius 2 is 1.76 bits per heavy atom. The monoisotopic (exact) mass is 738 g/mol. The molecule has 54 heavy (non-hydrogen) atoms. The Bertz CT molecular complexity index is 1880. The average molecular weight is 739 g/mol. The van der Waals surface area contributed by atoms with Gasteiger partial charge in [0, 0.05) is 31.0 Å². The second-order valence-electron chi connectivity index (χ2n) is 14.7. The maximum absolute atomic E-state index is 13.3. The number of hydrogen-bond donors (Lipinski definition) is 3. The SMILES string of the molecule is CC1CCC(=O)N1C1c2cc(C#N)ccc2OC(C)(C)C1O.CCOC(=O)[C@H](CCc1ccccc1)N[C@@H](C)C(=O)N1Cc2ccccc2C[C@H]1C(=O)O. The Morgan fingerprint density at radius 3 is 2.39 bits per heavy atom. The quantitative estimate of drug-likeness (QED) is 0.248. The maximum atomic E-state index is 13.3. The van der Waals surface area contributed by atoms with Gasteiger partial charge in [-0.1, -0.05) is 54.6 Å². The molecule has 12 nitrogen and oxygen atoms in total. The number of ether oxygens (including phenoxy) is 2. The molecule has 1 fully saturated rings. The van der Waals surface area contributed by atoms with Crippen LogP contribution >= 0.6 is 0 Å². The van der Waals surface area contributed by atoms with Gasteiger partial charge in [0.2, 0.25) is 11.8 Å². The Balaban J connectivity index is 0.000000222. The van der Waals surface area contributed by atoms with E-state index in [0.29, 0.717) is 36.1 Å². The van der Waals surface area contributed by atoms with E-state index in [9.17, 15) is 29.4 Å². The fraction of sp³-hybridized carbons (Fsp3) is 0.452. The highest BCUT2D eigenvalue weighted by molar-refractivity contribution is 5.88. The lowest BCUT2D eigenvalue weighted by Crippen LogP contribution is -2.56. The minimum absolute atomic E-state index is 0.0440. The zero-order valence-corrected chi connectivity index (χ0v) is 31.5. The highest BCUT2D eigenvalue weighted by Crippen LogP contribution is 2.45. The van der Waals surface area contributed by atoms with Gasteiger partial charge in [-0.05, 0) is 88.8 Å². The summed E-state index contributed by atoms with van der Waals surface area (Å²) in [7, 11) is 0. The second-order valence-corrected chi connectivity index (χ2v) is 14.7. The number of nitrogens with zero attached hydrogens (tertiary/aromatic N) is 3. The molecule has 3 heterocycles. The number of aryl methyl sites for hydroxylation is 1. The number of aliphatic hydroxyl groups excluding tert-OH is 1. The van der Waals surface area contributed by atoms with Crippen molar-refractivity contribution in [1.29, 1.82) is 5.26 Å². The van der Waals surface area contributed by atoms with E-state index in [2.05, 4.69) is 11.4 Å². The molecule has 0 aliphatic carbocycles. The van der Waals surface area contributed by atoms with Gasteiger partial charge >= 0.3 is 11.9 Å². The Kier molecular flexibility index (Phi) is 12.8. The summed E-state index contributed by atoms with van der Waals surface area (Å²) in [5.41, 5.74) is 3.38. The van der Waals surface area contributed by atoms with Crippen molar-refractivity contribution >= 4 is 23.8 Å². The zero-order chi connectivity index (χ0) is 39.2. The van der Waals surface area contributed by atoms with E-state index in [1.165, 1.54) is 4.90 Å². The van der Waals surface area contributed by atoms with Crippen LogP contribution in [0.1, 0.15) is 87.7 Å². The van der Waals surface area contributed by atoms with E-state index < -0.39 is 47.8 Å². The number of rotatable bonds is 10. The van der Waals surface area contributed by atoms with Gasteiger partial charge in [-0.15, -0.1) is 0 Å². The number of carboxylic acid groups (broad SMARTS) is 1. The van der Waals surface area contributed by atoms with Gasteiger partial charge in [0.05, 0.1) is 30.3 Å². The fourth-order valence-electron chi connectivity index (χ4n) is 7.48. The van der Waals surface area contributed by atoms with Gasteiger partial charge in [0.15, 0.2) is 0 Å². The number of aliphatic carboxylic acids is 1. The number of aliphatic hydroxyl groups is 1. The summed E-state index contributed by atoms with van der Waals surface area (Å²) in [5, 5.41) is 32.8. The summed E-state index contributed by atoms with van der Waals surface area (Å²) in [6, 6.07) is 21.8. The zero-order valence-electron chi connectivity index (χ0n) is 31.5. The molecule has 2 amide bonds. The molecule has 1 saturated heterocycles. The molecule has 3 aliphatic rings. The van der Waals surface area contributed by atoms with Crippen LogP contribution in [-0.2, 0) is 43.3 Å². The number of esters is 1. The molecule has 3 aliphatic heterocycles. The van der Waals surface area contributed by atoms with Crippen LogP contribution in [0.4, 0.5) is 0 Å². The third-order valence-corrected chi connectivity index (χ3v) is 10.5. The van der Waals surface area contributed by atoms with Crippen molar-refractivity contribution in [3.8, 4) is 11.8 Å². The first-order valence-corrected chi connectivity index (χ1v) is 18.5. The molecule has 0 spiro atoms. The van der Waals surface area contributed by atoms with E-state index in [0.717, 1.165) is 23.1 Å². The summed E-state index contributed by atoms with van der Waals surface area (Å²) < 4.78 is 11.1. The van der Waals surface area contributed by atoms with Crippen LogP contribution in [-0.4, -0.2) is 86.2 Å². The van der Waals surface area contributed by atoms with Crippen molar-refractivity contribution in [3.63, 3.8) is 0 Å². The number of carbonyl (C=O) groups is 4. The number of likely N-dealkylation sites (tertiary alicyclic amines) is 1. The Labute approximate surface area is 316 Å². The van der Waals surface area contributed by atoms with E-state index in [4.69, 9.17) is 14.7 Å². The van der Waals surface area contributed by atoms with Crippen molar-refractivity contribution in [2.75, 3.05) is 6.61 Å². The smallest absolute Gasteiger partial charge is 0.326 e. The first kappa shape index (κ1) is 39.9. The van der Waals surface area contributed by atoms with E-state index in [1.54, 1.807) is 36.9 Å². The molecule has 0 bridgehead atoms. The average Bonchev–Trinajstić information content (AvgIpc) is 3.49. The van der Waals surface area contributed by atoms with Crippen molar-refractivity contribution in [3.05, 3.63) is 101 Å². The first-order valence-electron chi connectivity index (χ1n) is 18.5. The Morgan fingerprint density at radius 1 is 1.07 bits per heavy atom. The number of fused-ring (bicyclic) bond motifs is 2. The topological polar surface area (TPSA) is 170 Å². The molecular weight excluding hydrogens is 688 g/mol. The lowest BCUT2D eigenvalue weighted by molar-refractivity contribution is -0.153. The van der Waals surface area contributed by atoms with Crippen LogP contribution in [0, 0.1) is 11.3 Å². The van der Waals surface area contributed by atoms with Gasteiger partial charge < -0.3 is 29.5 Å². The van der Waals surface area contributed by atoms with E-state index >= 15 is 0 Å². The third-order valence-electron chi connectivity index (χ3n) is 10.5. The molecule has 0 radical (unpaired) electrons. The fourth-order valence-corrected chi connectivity index (χ4v) is 7.48. The van der Waals surface area contributed by atoms with Gasteiger partial charge in [-0.25, -0.2) is 4.79 Å². The molecule has 3 aromatic rings. The predicted octanol–water partition coefficient (Wildman–Crippen LogP) is 4.71. The molecule has 0 aromatic heterocycles. The highest BCUT2D eigenvalue weighted by atomic mass is 16.5. The predicted molar refractivity (Wildman–Crippen MR) is 200 cm³/mol. The number of carboxylic acids is 1. The first-order chi connectivity index (χ1) is 25.7. The third kappa shape index (κ3) is 8.92. The van der Waals surface area contributed by atoms with Crippen molar-refractivity contribution in [2.45, 2.75) is 115 Å². The number of carbonyl (C=O) groups excluding carboxylic acids is 3. The molecule has 6 rings (SSSR count). The second kappa shape index (κ2) is 17.3. The number of nitrogens with one attached hydrogen (secondary N) is 1. The number of nitriles is 1. The van der Waals surface area contributed by atoms with Crippen molar-refractivity contribution in [1.82, 2.24) is 15.1 Å². The van der Waals surface area contributed by atoms with Gasteiger partial charge in [-0.2, -0.15) is 5.26 Å². The summed E-state index contributed by atoms with van der Waals surface area (Å²) >= 11 is 0. The van der Waals surface area contributed by atoms with Crippen molar-refractivity contribution in [2.24, 2.45) is 0 Å². The minimum Gasteiger partial charge on any atom is -0.485 e. The number of amides is 2. The summed E-state index contributed by atoms with van der Waals surface area (Å²) in [5.74, 6) is -1.12. The van der Waals surface area contributed by atoms with Gasteiger partial charge in [0.1, 0.15) is 29.5 Å². The molecule has 3 aromatic carbocycles. The minimum atomic E-state index is -1.04. The molecule has 3 N–H and O–H groups in total. The molecular formula is C42H50N4O8. The molecule has 3 unspecified atom stereocenters. The van der Waals surface area contributed by atoms with E-state index in [-0.39, 0.29) is 37.4 Å². The summed E-state index contributed by atoms with van der Waals surface area (Å²) in [6.07, 6.45) is 1.81.